The molecule has 0 aliphatic heterocycles. The standard InChI is InChI=1S/C15H13FN2O2/c1-11-8-17-15(20)18(9-11)10-13-5-12(3-2-4-19)6-14(16)7-13/h5-9,19H,4,10H2,1H3. The fraction of sp³-hybridized carbons (Fsp3) is 0.200. The van der Waals surface area contributed by atoms with Gasteiger partial charge in [-0.15, -0.1) is 0 Å². The fourth-order valence-electron chi connectivity index (χ4n) is 1.83. The van der Waals surface area contributed by atoms with E-state index in [1.54, 1.807) is 12.3 Å². The van der Waals surface area contributed by atoms with E-state index in [0.29, 0.717) is 11.1 Å². The van der Waals surface area contributed by atoms with Crippen molar-refractivity contribution in [2.75, 3.05) is 6.61 Å². The molecule has 0 fully saturated rings. The third kappa shape index (κ3) is 3.53. The van der Waals surface area contributed by atoms with Gasteiger partial charge in [0.25, 0.3) is 0 Å². The SMILES string of the molecule is Cc1cnc(=O)n(Cc2cc(F)cc(C#CCO)c2)c1. The van der Waals surface area contributed by atoms with Crippen molar-refractivity contribution < 1.29 is 9.50 Å². The highest BCUT2D eigenvalue weighted by Crippen LogP contribution is 2.09. The van der Waals surface area contributed by atoms with E-state index in [1.165, 1.54) is 22.9 Å². The first-order valence-electron chi connectivity index (χ1n) is 6.01. The first kappa shape index (κ1) is 14.0. The second-order valence-corrected chi connectivity index (χ2v) is 4.35. The predicted molar refractivity (Wildman–Crippen MR) is 72.7 cm³/mol. The summed E-state index contributed by atoms with van der Waals surface area (Å²) in [6.07, 6.45) is 3.15. The second kappa shape index (κ2) is 6.13. The van der Waals surface area contributed by atoms with E-state index in [1.807, 2.05) is 6.92 Å². The molecule has 1 heterocycles. The van der Waals surface area contributed by atoms with Crippen LogP contribution in [0.3, 0.4) is 0 Å². The summed E-state index contributed by atoms with van der Waals surface area (Å²) in [5.74, 6) is 4.67. The number of hydrogen-bond acceptors (Lipinski definition) is 3. The molecule has 0 saturated heterocycles. The first-order chi connectivity index (χ1) is 9.58. The summed E-state index contributed by atoms with van der Waals surface area (Å²) in [7, 11) is 0. The average molecular weight is 272 g/mol. The number of benzene rings is 1. The van der Waals surface area contributed by atoms with E-state index in [2.05, 4.69) is 16.8 Å². The Morgan fingerprint density at radius 1 is 1.40 bits per heavy atom. The molecule has 2 rings (SSSR count). The highest BCUT2D eigenvalue weighted by molar-refractivity contribution is 5.38. The fourth-order valence-corrected chi connectivity index (χ4v) is 1.83. The molecule has 1 aromatic heterocycles. The number of aromatic nitrogens is 2. The van der Waals surface area contributed by atoms with Gasteiger partial charge >= 0.3 is 5.69 Å². The van der Waals surface area contributed by atoms with Gasteiger partial charge in [0.05, 0.1) is 6.54 Å². The van der Waals surface area contributed by atoms with Crippen LogP contribution >= 0.6 is 0 Å². The Hall–Kier alpha value is -2.45. The molecule has 0 aliphatic rings. The van der Waals surface area contributed by atoms with E-state index in [0.717, 1.165) is 5.56 Å². The zero-order valence-corrected chi connectivity index (χ0v) is 10.9. The Morgan fingerprint density at radius 2 is 2.20 bits per heavy atom. The molecule has 2 aromatic rings. The largest absolute Gasteiger partial charge is 0.384 e. The minimum absolute atomic E-state index is 0.221. The van der Waals surface area contributed by atoms with Crippen molar-refractivity contribution >= 4 is 0 Å². The van der Waals surface area contributed by atoms with Crippen molar-refractivity contribution in [2.24, 2.45) is 0 Å². The lowest BCUT2D eigenvalue weighted by Gasteiger charge is -2.06. The van der Waals surface area contributed by atoms with Gasteiger partial charge in [0, 0.05) is 18.0 Å². The van der Waals surface area contributed by atoms with Gasteiger partial charge in [0.15, 0.2) is 0 Å². The van der Waals surface area contributed by atoms with E-state index in [9.17, 15) is 9.18 Å². The minimum atomic E-state index is -0.432. The van der Waals surface area contributed by atoms with Crippen molar-refractivity contribution in [2.45, 2.75) is 13.5 Å². The molecule has 0 spiro atoms. The number of nitrogens with zero attached hydrogens (tertiary/aromatic N) is 2. The summed E-state index contributed by atoms with van der Waals surface area (Å²) in [6.45, 7) is 1.76. The van der Waals surface area contributed by atoms with Crippen molar-refractivity contribution in [3.63, 3.8) is 0 Å². The first-order valence-corrected chi connectivity index (χ1v) is 6.01. The van der Waals surface area contributed by atoms with Crippen LogP contribution in [-0.4, -0.2) is 21.3 Å². The Morgan fingerprint density at radius 3 is 2.95 bits per heavy atom. The van der Waals surface area contributed by atoms with Crippen molar-refractivity contribution in [1.82, 2.24) is 9.55 Å². The second-order valence-electron chi connectivity index (χ2n) is 4.35. The summed E-state index contributed by atoms with van der Waals surface area (Å²) < 4.78 is 14.9. The molecule has 20 heavy (non-hydrogen) atoms. The van der Waals surface area contributed by atoms with Gasteiger partial charge in [-0.3, -0.25) is 4.57 Å². The summed E-state index contributed by atoms with van der Waals surface area (Å²) in [5, 5.41) is 8.65. The van der Waals surface area contributed by atoms with E-state index in [-0.39, 0.29) is 18.8 Å². The van der Waals surface area contributed by atoms with Crippen molar-refractivity contribution in [1.29, 1.82) is 0 Å². The lowest BCUT2D eigenvalue weighted by molar-refractivity contribution is 0.350. The van der Waals surface area contributed by atoms with Crippen LogP contribution in [0.5, 0.6) is 0 Å². The van der Waals surface area contributed by atoms with Gasteiger partial charge in [-0.25, -0.2) is 14.2 Å². The van der Waals surface area contributed by atoms with E-state index in [4.69, 9.17) is 5.11 Å². The van der Waals surface area contributed by atoms with E-state index >= 15 is 0 Å². The van der Waals surface area contributed by atoms with Crippen LogP contribution < -0.4 is 5.69 Å². The minimum Gasteiger partial charge on any atom is -0.384 e. The molecule has 4 nitrogen and oxygen atoms in total. The molecule has 0 radical (unpaired) electrons. The third-order valence-electron chi connectivity index (χ3n) is 2.61. The highest BCUT2D eigenvalue weighted by atomic mass is 19.1. The molecule has 1 aromatic carbocycles. The van der Waals surface area contributed by atoms with Crippen molar-refractivity contribution in [3.05, 3.63) is 63.6 Å². The lowest BCUT2D eigenvalue weighted by atomic mass is 10.1. The topological polar surface area (TPSA) is 55.1 Å². The maximum atomic E-state index is 13.5. The molecule has 0 saturated carbocycles. The number of halogens is 1. The molecule has 0 aliphatic carbocycles. The van der Waals surface area contributed by atoms with Crippen LogP contribution in [0.1, 0.15) is 16.7 Å². The van der Waals surface area contributed by atoms with Crippen molar-refractivity contribution in [3.8, 4) is 11.8 Å². The van der Waals surface area contributed by atoms with Crippen LogP contribution in [-0.2, 0) is 6.54 Å². The maximum absolute atomic E-state index is 13.5. The lowest BCUT2D eigenvalue weighted by Crippen LogP contribution is -2.22. The zero-order valence-electron chi connectivity index (χ0n) is 10.9. The molecule has 0 amide bonds. The summed E-state index contributed by atoms with van der Waals surface area (Å²) in [4.78, 5) is 15.3. The Labute approximate surface area is 115 Å². The number of aryl methyl sites for hydroxylation is 1. The Kier molecular flexibility index (Phi) is 4.28. The van der Waals surface area contributed by atoms with Gasteiger partial charge in [-0.05, 0) is 36.2 Å². The van der Waals surface area contributed by atoms with Gasteiger partial charge in [-0.2, -0.15) is 0 Å². The monoisotopic (exact) mass is 272 g/mol. The predicted octanol–water partition coefficient (Wildman–Crippen LogP) is 1.08. The molecule has 102 valence electrons. The number of hydrogen-bond donors (Lipinski definition) is 1. The highest BCUT2D eigenvalue weighted by Gasteiger charge is 2.03. The van der Waals surface area contributed by atoms with Gasteiger partial charge < -0.3 is 5.11 Å². The summed E-state index contributed by atoms with van der Waals surface area (Å²) in [5.41, 5.74) is 1.54. The van der Waals surface area contributed by atoms with Crippen LogP contribution in [0.25, 0.3) is 0 Å². The number of aliphatic hydroxyl groups excluding tert-OH is 1. The van der Waals surface area contributed by atoms with Crippen LogP contribution in [0.4, 0.5) is 4.39 Å². The normalized spacial score (nSPS) is 9.95. The molecular formula is C15H13FN2O2. The molecule has 0 unspecified atom stereocenters. The van der Waals surface area contributed by atoms with E-state index < -0.39 is 5.82 Å². The Balaban J connectivity index is 2.36. The number of aliphatic hydroxyl groups is 1. The van der Waals surface area contributed by atoms with Gasteiger partial charge in [0.2, 0.25) is 0 Å². The summed E-state index contributed by atoms with van der Waals surface area (Å²) >= 11 is 0. The average Bonchev–Trinajstić information content (AvgIpc) is 2.40. The number of rotatable bonds is 2. The van der Waals surface area contributed by atoms with Crippen LogP contribution in [0.2, 0.25) is 0 Å². The molecule has 1 N–H and O–H groups in total. The van der Waals surface area contributed by atoms with Crippen LogP contribution in [0.15, 0.2) is 35.4 Å². The summed E-state index contributed by atoms with van der Waals surface area (Å²) in [6, 6.07) is 4.31. The molecule has 0 bridgehead atoms. The van der Waals surface area contributed by atoms with Crippen LogP contribution in [0, 0.1) is 24.6 Å². The van der Waals surface area contributed by atoms with Gasteiger partial charge in [-0.1, -0.05) is 11.8 Å². The third-order valence-corrected chi connectivity index (χ3v) is 2.61. The van der Waals surface area contributed by atoms with Gasteiger partial charge in [0.1, 0.15) is 12.4 Å². The molecular weight excluding hydrogens is 259 g/mol. The zero-order chi connectivity index (χ0) is 14.5. The quantitative estimate of drug-likeness (QED) is 0.832. The molecule has 0 atom stereocenters. The Bertz CT molecular complexity index is 742. The smallest absolute Gasteiger partial charge is 0.347 e. The maximum Gasteiger partial charge on any atom is 0.347 e. The molecule has 5 heteroatoms.